The fraction of sp³-hybridized carbons (Fsp3) is 0.429. The van der Waals surface area contributed by atoms with E-state index in [2.05, 4.69) is 29.3 Å². The second kappa shape index (κ2) is 6.02. The van der Waals surface area contributed by atoms with E-state index in [1.807, 2.05) is 17.0 Å². The van der Waals surface area contributed by atoms with Crippen molar-refractivity contribution in [2.45, 2.75) is 13.8 Å². The second-order valence-corrected chi connectivity index (χ2v) is 5.18. The van der Waals surface area contributed by atoms with Crippen LogP contribution in [0.5, 0.6) is 0 Å². The summed E-state index contributed by atoms with van der Waals surface area (Å²) in [6.45, 7) is 6.73. The van der Waals surface area contributed by atoms with E-state index in [0.717, 1.165) is 37.0 Å². The van der Waals surface area contributed by atoms with Crippen LogP contribution in [0.2, 0.25) is 0 Å². The third-order valence-corrected chi connectivity index (χ3v) is 3.64. The Morgan fingerprint density at radius 1 is 1.21 bits per heavy atom. The minimum atomic E-state index is 0.136. The van der Waals surface area contributed by atoms with Gasteiger partial charge in [-0.3, -0.25) is 4.79 Å². The van der Waals surface area contributed by atoms with Gasteiger partial charge in [0.15, 0.2) is 5.11 Å². The highest BCUT2D eigenvalue weighted by Crippen LogP contribution is 2.11. The molecule has 5 heteroatoms. The van der Waals surface area contributed by atoms with Crippen molar-refractivity contribution in [2.24, 2.45) is 0 Å². The number of carbonyl (C=O) groups excluding carboxylic acids is 1. The largest absolute Gasteiger partial charge is 0.345 e. The Kier molecular flexibility index (Phi) is 4.37. The summed E-state index contributed by atoms with van der Waals surface area (Å²) in [6, 6.07) is 8.14. The number of hydrogen-bond donors (Lipinski definition) is 1. The average Bonchev–Trinajstić information content (AvgIpc) is 2.39. The predicted octanol–water partition coefficient (Wildman–Crippen LogP) is 1.86. The Bertz CT molecular complexity index is 481. The number of hydrogen-bond acceptors (Lipinski definition) is 2. The molecule has 4 nitrogen and oxygen atoms in total. The van der Waals surface area contributed by atoms with Crippen molar-refractivity contribution in [3.05, 3.63) is 29.8 Å². The van der Waals surface area contributed by atoms with E-state index in [1.54, 1.807) is 6.92 Å². The summed E-state index contributed by atoms with van der Waals surface area (Å²) in [5.41, 5.74) is 2.22. The van der Waals surface area contributed by atoms with Crippen LogP contribution in [0.15, 0.2) is 24.3 Å². The van der Waals surface area contributed by atoms with Crippen molar-refractivity contribution >= 4 is 28.9 Å². The normalized spacial score (nSPS) is 15.3. The van der Waals surface area contributed by atoms with Crippen LogP contribution in [0.3, 0.4) is 0 Å². The van der Waals surface area contributed by atoms with Gasteiger partial charge in [0.2, 0.25) is 5.91 Å². The van der Waals surface area contributed by atoms with Crippen LogP contribution in [0.25, 0.3) is 0 Å². The Balaban J connectivity index is 1.90. The molecule has 1 aliphatic heterocycles. The highest BCUT2D eigenvalue weighted by atomic mass is 32.1. The van der Waals surface area contributed by atoms with E-state index in [-0.39, 0.29) is 5.91 Å². The summed E-state index contributed by atoms with van der Waals surface area (Å²) in [5.74, 6) is 0.136. The number of rotatable bonds is 1. The molecule has 0 aliphatic carbocycles. The van der Waals surface area contributed by atoms with Crippen molar-refractivity contribution in [3.8, 4) is 0 Å². The molecule has 1 amide bonds. The Morgan fingerprint density at radius 3 is 2.42 bits per heavy atom. The van der Waals surface area contributed by atoms with Crippen LogP contribution in [0.4, 0.5) is 5.69 Å². The van der Waals surface area contributed by atoms with E-state index in [9.17, 15) is 4.79 Å². The highest BCUT2D eigenvalue weighted by molar-refractivity contribution is 7.80. The smallest absolute Gasteiger partial charge is 0.219 e. The lowest BCUT2D eigenvalue weighted by atomic mass is 10.2. The number of carbonyl (C=O) groups is 1. The molecule has 1 fully saturated rings. The number of nitrogens with zero attached hydrogens (tertiary/aromatic N) is 2. The third-order valence-electron chi connectivity index (χ3n) is 3.28. The number of amides is 1. The Hall–Kier alpha value is -1.62. The first-order valence-corrected chi connectivity index (χ1v) is 6.85. The van der Waals surface area contributed by atoms with E-state index in [4.69, 9.17) is 12.2 Å². The van der Waals surface area contributed by atoms with Gasteiger partial charge in [0, 0.05) is 38.8 Å². The average molecular weight is 277 g/mol. The van der Waals surface area contributed by atoms with E-state index >= 15 is 0 Å². The molecule has 1 N–H and O–H groups in total. The molecule has 1 heterocycles. The third kappa shape index (κ3) is 3.67. The van der Waals surface area contributed by atoms with Gasteiger partial charge >= 0.3 is 0 Å². The molecule has 1 aromatic carbocycles. The quantitative estimate of drug-likeness (QED) is 0.795. The van der Waals surface area contributed by atoms with E-state index in [0.29, 0.717) is 0 Å². The van der Waals surface area contributed by atoms with Crippen LogP contribution in [-0.4, -0.2) is 47.0 Å². The SMILES string of the molecule is CC(=O)N1CCN(C(=S)Nc2cccc(C)c2)CC1. The summed E-state index contributed by atoms with van der Waals surface area (Å²) < 4.78 is 0. The zero-order valence-corrected chi connectivity index (χ0v) is 12.2. The Labute approximate surface area is 119 Å². The molecule has 0 bridgehead atoms. The van der Waals surface area contributed by atoms with Crippen LogP contribution < -0.4 is 5.32 Å². The molecule has 0 saturated carbocycles. The topological polar surface area (TPSA) is 35.6 Å². The van der Waals surface area contributed by atoms with Gasteiger partial charge in [0.25, 0.3) is 0 Å². The fourth-order valence-corrected chi connectivity index (χ4v) is 2.45. The maximum atomic E-state index is 11.3. The molecule has 19 heavy (non-hydrogen) atoms. The second-order valence-electron chi connectivity index (χ2n) is 4.79. The molecule has 0 spiro atoms. The van der Waals surface area contributed by atoms with Crippen LogP contribution in [-0.2, 0) is 4.79 Å². The fourth-order valence-electron chi connectivity index (χ4n) is 2.15. The molecular weight excluding hydrogens is 258 g/mol. The minimum absolute atomic E-state index is 0.136. The number of piperazine rings is 1. The summed E-state index contributed by atoms with van der Waals surface area (Å²) in [4.78, 5) is 15.2. The lowest BCUT2D eigenvalue weighted by Gasteiger charge is -2.35. The molecule has 1 aromatic rings. The first-order valence-electron chi connectivity index (χ1n) is 6.44. The molecule has 102 valence electrons. The molecule has 2 rings (SSSR count). The first-order chi connectivity index (χ1) is 9.06. The maximum Gasteiger partial charge on any atom is 0.219 e. The number of benzene rings is 1. The van der Waals surface area contributed by atoms with Gasteiger partial charge in [-0.2, -0.15) is 0 Å². The molecule has 1 aliphatic rings. The maximum absolute atomic E-state index is 11.3. The predicted molar refractivity (Wildman–Crippen MR) is 81.2 cm³/mol. The van der Waals surface area contributed by atoms with Crippen molar-refractivity contribution in [3.63, 3.8) is 0 Å². The number of aryl methyl sites for hydroxylation is 1. The summed E-state index contributed by atoms with van der Waals surface area (Å²) in [6.07, 6.45) is 0. The number of nitrogens with one attached hydrogen (secondary N) is 1. The van der Waals surface area contributed by atoms with Crippen molar-refractivity contribution in [1.82, 2.24) is 9.80 Å². The van der Waals surface area contributed by atoms with Gasteiger partial charge < -0.3 is 15.1 Å². The summed E-state index contributed by atoms with van der Waals surface area (Å²) in [7, 11) is 0. The van der Waals surface area contributed by atoms with Crippen molar-refractivity contribution < 1.29 is 4.79 Å². The molecule has 0 radical (unpaired) electrons. The lowest BCUT2D eigenvalue weighted by molar-refractivity contribution is -0.130. The first kappa shape index (κ1) is 13.8. The molecule has 0 aromatic heterocycles. The van der Waals surface area contributed by atoms with Crippen LogP contribution in [0.1, 0.15) is 12.5 Å². The van der Waals surface area contributed by atoms with Gasteiger partial charge in [-0.15, -0.1) is 0 Å². The lowest BCUT2D eigenvalue weighted by Crippen LogP contribution is -2.51. The molecule has 0 atom stereocenters. The monoisotopic (exact) mass is 277 g/mol. The van der Waals surface area contributed by atoms with Crippen molar-refractivity contribution in [1.29, 1.82) is 0 Å². The van der Waals surface area contributed by atoms with E-state index in [1.165, 1.54) is 5.56 Å². The van der Waals surface area contributed by atoms with Gasteiger partial charge in [-0.05, 0) is 36.8 Å². The summed E-state index contributed by atoms with van der Waals surface area (Å²) >= 11 is 5.41. The zero-order valence-electron chi connectivity index (χ0n) is 11.3. The zero-order chi connectivity index (χ0) is 13.8. The number of anilines is 1. The van der Waals surface area contributed by atoms with Gasteiger partial charge in [0.05, 0.1) is 0 Å². The van der Waals surface area contributed by atoms with Gasteiger partial charge in [0.1, 0.15) is 0 Å². The standard InChI is InChI=1S/C14H19N3OS/c1-11-4-3-5-13(10-11)15-14(19)17-8-6-16(7-9-17)12(2)18/h3-5,10H,6-9H2,1-2H3,(H,15,19). The van der Waals surface area contributed by atoms with Crippen LogP contribution in [0, 0.1) is 6.92 Å². The molecule has 1 saturated heterocycles. The summed E-state index contributed by atoms with van der Waals surface area (Å²) in [5, 5.41) is 3.98. The highest BCUT2D eigenvalue weighted by Gasteiger charge is 2.20. The minimum Gasteiger partial charge on any atom is -0.345 e. The van der Waals surface area contributed by atoms with E-state index < -0.39 is 0 Å². The Morgan fingerprint density at radius 2 is 1.84 bits per heavy atom. The number of thiocarbonyl (C=S) groups is 1. The molecular formula is C14H19N3OS. The van der Waals surface area contributed by atoms with Crippen molar-refractivity contribution in [2.75, 3.05) is 31.5 Å². The van der Waals surface area contributed by atoms with Gasteiger partial charge in [-0.25, -0.2) is 0 Å². The van der Waals surface area contributed by atoms with Gasteiger partial charge in [-0.1, -0.05) is 12.1 Å². The van der Waals surface area contributed by atoms with Crippen LogP contribution >= 0.6 is 12.2 Å². The molecule has 0 unspecified atom stereocenters.